The number of hydrogen-bond acceptors (Lipinski definition) is 0. The number of rotatable bonds is 2. The van der Waals surface area contributed by atoms with E-state index in [0.29, 0.717) is 11.5 Å². The van der Waals surface area contributed by atoms with Crippen LogP contribution in [0.25, 0.3) is 0 Å². The molecule has 1 heteroatoms. The van der Waals surface area contributed by atoms with Crippen molar-refractivity contribution in [2.45, 2.75) is 72.3 Å². The predicted octanol–water partition coefficient (Wildman–Crippen LogP) is 4.47. The molecule has 6 atom stereocenters. The van der Waals surface area contributed by atoms with Gasteiger partial charge in [0, 0.05) is 12.3 Å². The summed E-state index contributed by atoms with van der Waals surface area (Å²) in [5.74, 6) is 4.16. The van der Waals surface area contributed by atoms with Gasteiger partial charge < -0.3 is 5.32 Å². The van der Waals surface area contributed by atoms with Gasteiger partial charge in [-0.25, -0.2) is 0 Å². The van der Waals surface area contributed by atoms with Gasteiger partial charge in [-0.05, 0) is 77.0 Å². The molecule has 124 valence electrons. The normalized spacial score (nSPS) is 44.5. The average molecular weight is 302 g/mol. The molecule has 0 aliphatic heterocycles. The first-order valence-electron chi connectivity index (χ1n) is 9.35. The molecule has 0 saturated heterocycles. The fourth-order valence-electron chi connectivity index (χ4n) is 6.03. The minimum absolute atomic E-state index is 0.361. The maximum Gasteiger partial charge on any atom is 0.0729 e. The Labute approximate surface area is 137 Å². The van der Waals surface area contributed by atoms with E-state index in [9.17, 15) is 0 Å². The van der Waals surface area contributed by atoms with Gasteiger partial charge in [-0.15, -0.1) is 0 Å². The van der Waals surface area contributed by atoms with Gasteiger partial charge in [0.15, 0.2) is 0 Å². The van der Waals surface area contributed by atoms with Crippen LogP contribution in [-0.2, 0) is 0 Å². The van der Waals surface area contributed by atoms with Crippen molar-refractivity contribution in [1.82, 2.24) is 0 Å². The van der Waals surface area contributed by atoms with E-state index >= 15 is 0 Å². The lowest BCUT2D eigenvalue weighted by atomic mass is 9.49. The van der Waals surface area contributed by atoms with Gasteiger partial charge in [0.1, 0.15) is 0 Å². The highest BCUT2D eigenvalue weighted by atomic mass is 15.0. The van der Waals surface area contributed by atoms with Crippen LogP contribution in [0, 0.1) is 36.6 Å². The summed E-state index contributed by atoms with van der Waals surface area (Å²) in [5.41, 5.74) is 5.40. The van der Waals surface area contributed by atoms with Crippen molar-refractivity contribution >= 4 is 0 Å². The number of quaternary nitrogens is 1. The minimum Gasteiger partial charge on any atom is -0.474 e. The van der Waals surface area contributed by atoms with Crippen LogP contribution in [0.5, 0.6) is 0 Å². The van der Waals surface area contributed by atoms with Gasteiger partial charge in [0.25, 0.3) is 0 Å². The first kappa shape index (κ1) is 16.3. The van der Waals surface area contributed by atoms with Gasteiger partial charge in [-0.2, -0.15) is 7.05 Å². The van der Waals surface area contributed by atoms with Crippen molar-refractivity contribution in [3.8, 4) is 0 Å². The lowest BCUT2D eigenvalue weighted by molar-refractivity contribution is -0.687. The smallest absolute Gasteiger partial charge is 0.0729 e. The van der Waals surface area contributed by atoms with Crippen LogP contribution in [-0.4, -0.2) is 5.54 Å². The molecule has 1 nitrogen and oxygen atoms in total. The monoisotopic (exact) mass is 301 g/mol. The standard InChI is InChI=1S/C21H35N/c1-13(2)11-16-12-15(4)17-9-10-21(5,22-6)18-8-7-14(3)19(16)20(17)18/h11,15-18,20H,6-10,12,22H2,1-5H3. The van der Waals surface area contributed by atoms with Gasteiger partial charge in [0.2, 0.25) is 0 Å². The molecule has 0 radical (unpaired) electrons. The second-order valence-electron chi connectivity index (χ2n) is 8.88. The zero-order chi connectivity index (χ0) is 16.1. The summed E-state index contributed by atoms with van der Waals surface area (Å²) >= 11 is 0. The van der Waals surface area contributed by atoms with Crippen LogP contribution in [0.1, 0.15) is 66.7 Å². The lowest BCUT2D eigenvalue weighted by Crippen LogP contribution is -2.94. The fourth-order valence-corrected chi connectivity index (χ4v) is 6.03. The maximum absolute atomic E-state index is 4.22. The molecule has 3 rings (SSSR count). The molecule has 0 bridgehead atoms. The average Bonchev–Trinajstić information content (AvgIpc) is 2.45. The van der Waals surface area contributed by atoms with Gasteiger partial charge >= 0.3 is 0 Å². The van der Waals surface area contributed by atoms with Crippen molar-refractivity contribution in [3.05, 3.63) is 29.8 Å². The Bertz CT molecular complexity index is 496. The van der Waals surface area contributed by atoms with E-state index < -0.39 is 0 Å². The largest absolute Gasteiger partial charge is 0.474 e. The molecule has 22 heavy (non-hydrogen) atoms. The van der Waals surface area contributed by atoms with Crippen molar-refractivity contribution < 1.29 is 5.32 Å². The minimum atomic E-state index is 0.361. The Morgan fingerprint density at radius 1 is 1.32 bits per heavy atom. The number of allylic oxidation sites excluding steroid dienone is 4. The lowest BCUT2D eigenvalue weighted by Gasteiger charge is -2.57. The second-order valence-corrected chi connectivity index (χ2v) is 8.88. The molecule has 0 aromatic rings. The summed E-state index contributed by atoms with van der Waals surface area (Å²) in [7, 11) is 4.22. The topological polar surface area (TPSA) is 16.6 Å². The van der Waals surface area contributed by atoms with E-state index in [1.807, 2.05) is 5.57 Å². The first-order chi connectivity index (χ1) is 10.4. The molecule has 3 aliphatic carbocycles. The molecule has 0 heterocycles. The highest BCUT2D eigenvalue weighted by Gasteiger charge is 2.54. The molecule has 6 unspecified atom stereocenters. The molecule has 0 aromatic heterocycles. The van der Waals surface area contributed by atoms with Gasteiger partial charge in [-0.3, -0.25) is 0 Å². The number of nitrogens with two attached hydrogens (primary N) is 1. The summed E-state index contributed by atoms with van der Waals surface area (Å²) in [6.45, 7) is 12.0. The summed E-state index contributed by atoms with van der Waals surface area (Å²) < 4.78 is 0. The summed E-state index contributed by atoms with van der Waals surface area (Å²) in [5, 5.41) is 2.29. The third-order valence-electron chi connectivity index (χ3n) is 7.20. The molecular weight excluding hydrogens is 266 g/mol. The fraction of sp³-hybridized carbons (Fsp3) is 0.762. The van der Waals surface area contributed by atoms with Crippen LogP contribution in [0.3, 0.4) is 0 Å². The Morgan fingerprint density at radius 3 is 2.68 bits per heavy atom. The van der Waals surface area contributed by atoms with Crippen LogP contribution < -0.4 is 5.32 Å². The van der Waals surface area contributed by atoms with Crippen molar-refractivity contribution in [2.24, 2.45) is 29.6 Å². The van der Waals surface area contributed by atoms with Crippen LogP contribution in [0.15, 0.2) is 22.8 Å². The summed E-state index contributed by atoms with van der Waals surface area (Å²) in [6, 6.07) is 0. The van der Waals surface area contributed by atoms with E-state index in [0.717, 1.165) is 23.7 Å². The Hall–Kier alpha value is -0.560. The summed E-state index contributed by atoms with van der Waals surface area (Å²) in [6.07, 6.45) is 9.39. The molecule has 0 amide bonds. The first-order valence-corrected chi connectivity index (χ1v) is 9.35. The SMILES string of the molecule is [CH2-][NH2+]C1(C)CCC2C(C)CC(C=C(C)C)C3=C(C)CCC1C32. The van der Waals surface area contributed by atoms with Crippen LogP contribution in [0.4, 0.5) is 0 Å². The van der Waals surface area contributed by atoms with Crippen molar-refractivity contribution in [2.75, 3.05) is 0 Å². The molecule has 0 spiro atoms. The molecule has 2 N–H and O–H groups in total. The molecular formula is C21H35N. The number of hydrogen-bond donors (Lipinski definition) is 1. The molecule has 2 fully saturated rings. The highest BCUT2D eigenvalue weighted by Crippen LogP contribution is 2.57. The Balaban J connectivity index is 2.05. The maximum atomic E-state index is 4.22. The highest BCUT2D eigenvalue weighted by molar-refractivity contribution is 5.31. The Morgan fingerprint density at radius 2 is 2.05 bits per heavy atom. The Kier molecular flexibility index (Phi) is 4.31. The second kappa shape index (κ2) is 5.82. The van der Waals surface area contributed by atoms with Gasteiger partial charge in [0.05, 0.1) is 5.54 Å². The van der Waals surface area contributed by atoms with E-state index in [-0.39, 0.29) is 0 Å². The van der Waals surface area contributed by atoms with E-state index in [4.69, 9.17) is 0 Å². The van der Waals surface area contributed by atoms with E-state index in [1.54, 1.807) is 5.57 Å². The van der Waals surface area contributed by atoms with Crippen LogP contribution >= 0.6 is 0 Å². The van der Waals surface area contributed by atoms with Crippen LogP contribution in [0.2, 0.25) is 0 Å². The third-order valence-corrected chi connectivity index (χ3v) is 7.20. The van der Waals surface area contributed by atoms with Crippen molar-refractivity contribution in [3.63, 3.8) is 0 Å². The quantitative estimate of drug-likeness (QED) is 0.572. The zero-order valence-corrected chi connectivity index (χ0v) is 15.3. The van der Waals surface area contributed by atoms with Crippen molar-refractivity contribution in [1.29, 1.82) is 0 Å². The van der Waals surface area contributed by atoms with E-state index in [1.165, 1.54) is 37.7 Å². The molecule has 2 saturated carbocycles. The third kappa shape index (κ3) is 2.50. The van der Waals surface area contributed by atoms with E-state index in [2.05, 4.69) is 53.1 Å². The molecule has 0 aromatic carbocycles. The summed E-state index contributed by atoms with van der Waals surface area (Å²) in [4.78, 5) is 0. The predicted molar refractivity (Wildman–Crippen MR) is 94.0 cm³/mol. The molecule has 3 aliphatic rings. The zero-order valence-electron chi connectivity index (χ0n) is 15.3. The van der Waals surface area contributed by atoms with Gasteiger partial charge in [-0.1, -0.05) is 29.7 Å².